The maximum Gasteiger partial charge on any atom is 0.121 e. The minimum atomic E-state index is -0.521. The summed E-state index contributed by atoms with van der Waals surface area (Å²) in [6.45, 7) is 7.29. The summed E-state index contributed by atoms with van der Waals surface area (Å²) in [4.78, 5) is 0. The van der Waals surface area contributed by atoms with E-state index in [-0.39, 0.29) is 11.7 Å². The van der Waals surface area contributed by atoms with Crippen molar-refractivity contribution in [3.05, 3.63) is 12.7 Å². The fraction of sp³-hybridized carbons (Fsp3) is 0.714. The van der Waals surface area contributed by atoms with E-state index < -0.39 is 6.10 Å². The lowest BCUT2D eigenvalue weighted by molar-refractivity contribution is 0.124. The van der Waals surface area contributed by atoms with Gasteiger partial charge in [0.1, 0.15) is 11.7 Å². The molecule has 0 aromatic carbocycles. The summed E-state index contributed by atoms with van der Waals surface area (Å²) in [5.74, 6) is 0. The van der Waals surface area contributed by atoms with Gasteiger partial charge in [0, 0.05) is 0 Å². The van der Waals surface area contributed by atoms with E-state index in [9.17, 15) is 5.11 Å². The van der Waals surface area contributed by atoms with Gasteiger partial charge in [-0.15, -0.1) is 6.58 Å². The number of ether oxygens (including phenoxy) is 1. The molecule has 9 heavy (non-hydrogen) atoms. The Bertz CT molecular complexity index is 133. The predicted octanol–water partition coefficient (Wildman–Crippen LogP) is 0.711. The first-order valence-electron chi connectivity index (χ1n) is 3.09. The number of aliphatic hydroxyl groups excluding tert-OH is 1. The van der Waals surface area contributed by atoms with Gasteiger partial charge < -0.3 is 9.84 Å². The van der Waals surface area contributed by atoms with Crippen LogP contribution in [-0.4, -0.2) is 22.9 Å². The third kappa shape index (κ3) is 0.884. The average molecular weight is 128 g/mol. The quantitative estimate of drug-likeness (QED) is 0.439. The molecule has 1 rings (SSSR count). The van der Waals surface area contributed by atoms with Gasteiger partial charge in [-0.1, -0.05) is 6.08 Å². The predicted molar refractivity (Wildman–Crippen MR) is 35.2 cm³/mol. The smallest absolute Gasteiger partial charge is 0.121 e. The van der Waals surface area contributed by atoms with Crippen molar-refractivity contribution in [3.8, 4) is 0 Å². The van der Waals surface area contributed by atoms with E-state index in [1.807, 2.05) is 13.8 Å². The fourth-order valence-electron chi connectivity index (χ4n) is 0.891. The molecule has 1 heterocycles. The number of aliphatic hydroxyl groups is 1. The van der Waals surface area contributed by atoms with Gasteiger partial charge in [0.2, 0.25) is 0 Å². The Hall–Kier alpha value is -0.340. The van der Waals surface area contributed by atoms with E-state index in [0.29, 0.717) is 0 Å². The Balaban J connectivity index is 2.52. The summed E-state index contributed by atoms with van der Waals surface area (Å²) >= 11 is 0. The molecule has 0 aliphatic carbocycles. The SMILES string of the molecule is C=C[C@@H](O)[C@]1(C)O[C@@H]1C. The molecule has 0 spiro atoms. The van der Waals surface area contributed by atoms with Crippen LogP contribution in [0.1, 0.15) is 13.8 Å². The van der Waals surface area contributed by atoms with Crippen molar-refractivity contribution in [2.24, 2.45) is 0 Å². The van der Waals surface area contributed by atoms with Crippen molar-refractivity contribution in [2.45, 2.75) is 31.7 Å². The largest absolute Gasteiger partial charge is 0.386 e. The Morgan fingerprint density at radius 2 is 2.33 bits per heavy atom. The van der Waals surface area contributed by atoms with Crippen molar-refractivity contribution in [1.29, 1.82) is 0 Å². The van der Waals surface area contributed by atoms with Gasteiger partial charge >= 0.3 is 0 Å². The van der Waals surface area contributed by atoms with Crippen LogP contribution in [-0.2, 0) is 4.74 Å². The molecule has 1 saturated heterocycles. The number of hydrogen-bond donors (Lipinski definition) is 1. The molecular weight excluding hydrogens is 116 g/mol. The molecule has 2 heteroatoms. The van der Waals surface area contributed by atoms with Gasteiger partial charge in [0.25, 0.3) is 0 Å². The highest BCUT2D eigenvalue weighted by atomic mass is 16.6. The van der Waals surface area contributed by atoms with Crippen LogP contribution in [0.2, 0.25) is 0 Å². The second kappa shape index (κ2) is 1.82. The van der Waals surface area contributed by atoms with Crippen LogP contribution < -0.4 is 0 Å². The number of rotatable bonds is 2. The van der Waals surface area contributed by atoms with Crippen LogP contribution in [0.5, 0.6) is 0 Å². The molecule has 0 bridgehead atoms. The van der Waals surface area contributed by atoms with Gasteiger partial charge in [0.05, 0.1) is 6.10 Å². The molecule has 0 unspecified atom stereocenters. The van der Waals surface area contributed by atoms with Crippen LogP contribution in [0.3, 0.4) is 0 Å². The van der Waals surface area contributed by atoms with E-state index in [2.05, 4.69) is 6.58 Å². The number of epoxide rings is 1. The van der Waals surface area contributed by atoms with E-state index in [0.717, 1.165) is 0 Å². The third-order valence-electron chi connectivity index (χ3n) is 1.99. The van der Waals surface area contributed by atoms with Crippen LogP contribution in [0, 0.1) is 0 Å². The summed E-state index contributed by atoms with van der Waals surface area (Å²) in [6.07, 6.45) is 1.15. The van der Waals surface area contributed by atoms with Crippen molar-refractivity contribution >= 4 is 0 Å². The van der Waals surface area contributed by atoms with Gasteiger partial charge in [-0.05, 0) is 13.8 Å². The zero-order valence-corrected chi connectivity index (χ0v) is 5.79. The molecule has 1 fully saturated rings. The zero-order chi connectivity index (χ0) is 7.07. The number of hydrogen-bond acceptors (Lipinski definition) is 2. The van der Waals surface area contributed by atoms with Crippen molar-refractivity contribution in [3.63, 3.8) is 0 Å². The van der Waals surface area contributed by atoms with E-state index in [1.54, 1.807) is 0 Å². The molecule has 0 aromatic heterocycles. The summed E-state index contributed by atoms with van der Waals surface area (Å²) in [5.41, 5.74) is -0.345. The first kappa shape index (κ1) is 6.78. The van der Waals surface area contributed by atoms with Crippen molar-refractivity contribution in [2.75, 3.05) is 0 Å². The Labute approximate surface area is 55.1 Å². The first-order valence-corrected chi connectivity index (χ1v) is 3.09. The van der Waals surface area contributed by atoms with Gasteiger partial charge in [-0.2, -0.15) is 0 Å². The maximum atomic E-state index is 9.18. The standard InChI is InChI=1S/C7H12O2/c1-4-6(8)7(3)5(2)9-7/h4-6,8H,1H2,2-3H3/t5-,6-,7-/m1/s1. The Kier molecular flexibility index (Phi) is 1.37. The highest BCUT2D eigenvalue weighted by Gasteiger charge is 2.53. The van der Waals surface area contributed by atoms with E-state index in [4.69, 9.17) is 4.74 Å². The van der Waals surface area contributed by atoms with Crippen LogP contribution in [0.25, 0.3) is 0 Å². The lowest BCUT2D eigenvalue weighted by Gasteiger charge is -2.08. The first-order chi connectivity index (χ1) is 4.11. The molecule has 1 aliphatic rings. The molecule has 1 N–H and O–H groups in total. The topological polar surface area (TPSA) is 32.8 Å². The highest BCUT2D eigenvalue weighted by molar-refractivity contribution is 5.07. The third-order valence-corrected chi connectivity index (χ3v) is 1.99. The summed E-state index contributed by atoms with van der Waals surface area (Å²) in [6, 6.07) is 0. The lowest BCUT2D eigenvalue weighted by atomic mass is 10.0. The molecule has 2 nitrogen and oxygen atoms in total. The Morgan fingerprint density at radius 3 is 2.44 bits per heavy atom. The molecule has 52 valence electrons. The summed E-state index contributed by atoms with van der Waals surface area (Å²) in [5, 5.41) is 9.18. The van der Waals surface area contributed by atoms with Crippen molar-refractivity contribution in [1.82, 2.24) is 0 Å². The minimum absolute atomic E-state index is 0.172. The lowest BCUT2D eigenvalue weighted by Crippen LogP contribution is -2.25. The monoisotopic (exact) mass is 128 g/mol. The average Bonchev–Trinajstić information content (AvgIpc) is 2.41. The molecular formula is C7H12O2. The molecule has 0 amide bonds. The maximum absolute atomic E-state index is 9.18. The second-order valence-corrected chi connectivity index (χ2v) is 2.62. The van der Waals surface area contributed by atoms with Gasteiger partial charge in [0.15, 0.2) is 0 Å². The molecule has 1 aliphatic heterocycles. The molecule has 0 aromatic rings. The summed E-state index contributed by atoms with van der Waals surface area (Å²) < 4.78 is 5.14. The normalized spacial score (nSPS) is 44.1. The fourth-order valence-corrected chi connectivity index (χ4v) is 0.891. The Morgan fingerprint density at radius 1 is 1.89 bits per heavy atom. The highest BCUT2D eigenvalue weighted by Crippen LogP contribution is 2.38. The van der Waals surface area contributed by atoms with Crippen LogP contribution >= 0.6 is 0 Å². The molecule has 0 radical (unpaired) electrons. The van der Waals surface area contributed by atoms with Gasteiger partial charge in [-0.25, -0.2) is 0 Å². The van der Waals surface area contributed by atoms with Crippen LogP contribution in [0.15, 0.2) is 12.7 Å². The zero-order valence-electron chi connectivity index (χ0n) is 5.79. The van der Waals surface area contributed by atoms with E-state index in [1.165, 1.54) is 6.08 Å². The van der Waals surface area contributed by atoms with Gasteiger partial charge in [-0.3, -0.25) is 0 Å². The molecule has 0 saturated carbocycles. The minimum Gasteiger partial charge on any atom is -0.386 e. The van der Waals surface area contributed by atoms with Crippen molar-refractivity contribution < 1.29 is 9.84 Å². The summed E-state index contributed by atoms with van der Waals surface area (Å²) in [7, 11) is 0. The van der Waals surface area contributed by atoms with E-state index >= 15 is 0 Å². The second-order valence-electron chi connectivity index (χ2n) is 2.62. The molecule has 3 atom stereocenters. The van der Waals surface area contributed by atoms with Crippen LogP contribution in [0.4, 0.5) is 0 Å².